The van der Waals surface area contributed by atoms with Crippen LogP contribution >= 0.6 is 0 Å². The maximum absolute atomic E-state index is 12.2. The van der Waals surface area contributed by atoms with Crippen molar-refractivity contribution in [2.75, 3.05) is 13.7 Å². The molecule has 3 N–H and O–H groups in total. The quantitative estimate of drug-likeness (QED) is 0.806. The molecule has 0 saturated carbocycles. The predicted molar refractivity (Wildman–Crippen MR) is 83.5 cm³/mol. The van der Waals surface area contributed by atoms with Crippen molar-refractivity contribution in [3.8, 4) is 11.5 Å². The second-order valence-electron chi connectivity index (χ2n) is 5.70. The summed E-state index contributed by atoms with van der Waals surface area (Å²) in [6.45, 7) is 8.10. The number of hydrogen-bond donors (Lipinski definition) is 2. The maximum atomic E-state index is 12.2. The molecule has 21 heavy (non-hydrogen) atoms. The summed E-state index contributed by atoms with van der Waals surface area (Å²) in [6.07, 6.45) is -0.594. The Kier molecular flexibility index (Phi) is 6.03. The highest BCUT2D eigenvalue weighted by molar-refractivity contribution is 5.81. The summed E-state index contributed by atoms with van der Waals surface area (Å²) < 4.78 is 10.7. The van der Waals surface area contributed by atoms with Gasteiger partial charge in [0.2, 0.25) is 0 Å². The lowest BCUT2D eigenvalue weighted by Gasteiger charge is -2.34. The molecule has 118 valence electrons. The third kappa shape index (κ3) is 4.63. The number of nitrogens with one attached hydrogen (secondary N) is 1. The van der Waals surface area contributed by atoms with Crippen LogP contribution in [-0.4, -0.2) is 31.2 Å². The second-order valence-corrected chi connectivity index (χ2v) is 5.70. The molecule has 0 aliphatic carbocycles. The molecule has 1 amide bonds. The number of benzene rings is 1. The van der Waals surface area contributed by atoms with E-state index in [1.807, 2.05) is 20.8 Å². The van der Waals surface area contributed by atoms with Crippen LogP contribution in [0.2, 0.25) is 0 Å². The van der Waals surface area contributed by atoms with Gasteiger partial charge in [-0.2, -0.15) is 0 Å². The molecule has 0 fully saturated rings. The van der Waals surface area contributed by atoms with E-state index in [1.54, 1.807) is 38.3 Å². The van der Waals surface area contributed by atoms with Gasteiger partial charge in [-0.15, -0.1) is 0 Å². The predicted octanol–water partition coefficient (Wildman–Crippen LogP) is 1.95. The zero-order valence-corrected chi connectivity index (χ0v) is 13.5. The lowest BCUT2D eigenvalue weighted by Crippen LogP contribution is -2.57. The molecule has 0 aliphatic heterocycles. The first-order chi connectivity index (χ1) is 9.82. The molecule has 0 saturated heterocycles. The maximum Gasteiger partial charge on any atom is 0.261 e. The molecule has 1 rings (SSSR count). The van der Waals surface area contributed by atoms with Crippen LogP contribution in [-0.2, 0) is 4.79 Å². The minimum absolute atomic E-state index is 0.174. The highest BCUT2D eigenvalue weighted by Gasteiger charge is 2.30. The van der Waals surface area contributed by atoms with Gasteiger partial charge < -0.3 is 20.5 Å². The van der Waals surface area contributed by atoms with Gasteiger partial charge >= 0.3 is 0 Å². The number of rotatable bonds is 7. The number of ether oxygens (including phenoxy) is 2. The Morgan fingerprint density at radius 2 is 1.76 bits per heavy atom. The first kappa shape index (κ1) is 17.3. The molecule has 0 radical (unpaired) electrons. The van der Waals surface area contributed by atoms with E-state index in [-0.39, 0.29) is 11.8 Å². The lowest BCUT2D eigenvalue weighted by atomic mass is 9.88. The monoisotopic (exact) mass is 294 g/mol. The van der Waals surface area contributed by atoms with Gasteiger partial charge in [0.1, 0.15) is 11.5 Å². The van der Waals surface area contributed by atoms with Crippen molar-refractivity contribution >= 4 is 5.91 Å². The van der Waals surface area contributed by atoms with Crippen molar-refractivity contribution in [2.24, 2.45) is 11.7 Å². The lowest BCUT2D eigenvalue weighted by molar-refractivity contribution is -0.129. The molecule has 0 bridgehead atoms. The molecule has 0 spiro atoms. The van der Waals surface area contributed by atoms with Crippen molar-refractivity contribution < 1.29 is 14.3 Å². The molecule has 5 nitrogen and oxygen atoms in total. The Labute approximate surface area is 126 Å². The summed E-state index contributed by atoms with van der Waals surface area (Å²) in [5.41, 5.74) is 5.34. The van der Waals surface area contributed by atoms with Gasteiger partial charge in [-0.3, -0.25) is 4.79 Å². The molecule has 2 unspecified atom stereocenters. The third-order valence-corrected chi connectivity index (χ3v) is 3.85. The molecular weight excluding hydrogens is 268 g/mol. The molecule has 1 aromatic carbocycles. The van der Waals surface area contributed by atoms with Crippen LogP contribution in [0.3, 0.4) is 0 Å². The fraction of sp³-hybridized carbons (Fsp3) is 0.562. The van der Waals surface area contributed by atoms with Crippen molar-refractivity contribution in [1.29, 1.82) is 0 Å². The Morgan fingerprint density at radius 1 is 1.24 bits per heavy atom. The standard InChI is InChI=1S/C16H26N2O3/c1-11(2)16(4,10-17)18-15(19)12(3)21-14-8-6-13(20-5)7-9-14/h6-9,11-12H,10,17H2,1-5H3,(H,18,19). The van der Waals surface area contributed by atoms with Gasteiger partial charge in [-0.1, -0.05) is 13.8 Å². The second kappa shape index (κ2) is 7.31. The fourth-order valence-corrected chi connectivity index (χ4v) is 1.73. The van der Waals surface area contributed by atoms with Crippen LogP contribution in [0.1, 0.15) is 27.7 Å². The highest BCUT2D eigenvalue weighted by atomic mass is 16.5. The first-order valence-corrected chi connectivity index (χ1v) is 7.15. The number of carbonyl (C=O) groups is 1. The average molecular weight is 294 g/mol. The molecule has 1 aromatic rings. The first-order valence-electron chi connectivity index (χ1n) is 7.15. The van der Waals surface area contributed by atoms with Crippen molar-refractivity contribution in [2.45, 2.75) is 39.3 Å². The van der Waals surface area contributed by atoms with Gasteiger partial charge in [-0.25, -0.2) is 0 Å². The zero-order chi connectivity index (χ0) is 16.0. The number of methoxy groups -OCH3 is 1. The fourth-order valence-electron chi connectivity index (χ4n) is 1.73. The number of carbonyl (C=O) groups excluding carboxylic acids is 1. The van der Waals surface area contributed by atoms with Crippen molar-refractivity contribution in [3.05, 3.63) is 24.3 Å². The van der Waals surface area contributed by atoms with E-state index < -0.39 is 11.6 Å². The summed E-state index contributed by atoms with van der Waals surface area (Å²) in [5.74, 6) is 1.43. The van der Waals surface area contributed by atoms with Crippen LogP contribution in [0.4, 0.5) is 0 Å². The van der Waals surface area contributed by atoms with Gasteiger partial charge in [0, 0.05) is 6.54 Å². The largest absolute Gasteiger partial charge is 0.497 e. The molecule has 0 aromatic heterocycles. The Bertz CT molecular complexity index is 459. The Morgan fingerprint density at radius 3 is 2.19 bits per heavy atom. The number of nitrogens with two attached hydrogens (primary N) is 1. The smallest absolute Gasteiger partial charge is 0.261 e. The summed E-state index contributed by atoms with van der Waals surface area (Å²) >= 11 is 0. The van der Waals surface area contributed by atoms with E-state index >= 15 is 0 Å². The molecular formula is C16H26N2O3. The van der Waals surface area contributed by atoms with Gasteiger partial charge in [-0.05, 0) is 44.0 Å². The zero-order valence-electron chi connectivity index (χ0n) is 13.5. The number of hydrogen-bond acceptors (Lipinski definition) is 4. The Hall–Kier alpha value is -1.75. The normalized spacial score (nSPS) is 15.2. The van der Waals surface area contributed by atoms with Crippen LogP contribution in [0.25, 0.3) is 0 Å². The van der Waals surface area contributed by atoms with E-state index in [0.29, 0.717) is 12.3 Å². The summed E-state index contributed by atoms with van der Waals surface area (Å²) in [6, 6.07) is 7.12. The van der Waals surface area contributed by atoms with E-state index in [9.17, 15) is 4.79 Å². The van der Waals surface area contributed by atoms with Crippen LogP contribution < -0.4 is 20.5 Å². The van der Waals surface area contributed by atoms with Crippen LogP contribution in [0, 0.1) is 5.92 Å². The Balaban J connectivity index is 2.65. The molecule has 2 atom stereocenters. The summed E-state index contributed by atoms with van der Waals surface area (Å²) in [5, 5.41) is 2.97. The average Bonchev–Trinajstić information content (AvgIpc) is 2.47. The van der Waals surface area contributed by atoms with Crippen molar-refractivity contribution in [1.82, 2.24) is 5.32 Å². The van der Waals surface area contributed by atoms with E-state index in [2.05, 4.69) is 5.32 Å². The molecule has 0 heterocycles. The molecule has 5 heteroatoms. The van der Waals surface area contributed by atoms with E-state index in [1.165, 1.54) is 0 Å². The topological polar surface area (TPSA) is 73.6 Å². The number of amides is 1. The van der Waals surface area contributed by atoms with Gasteiger partial charge in [0.25, 0.3) is 5.91 Å². The minimum atomic E-state index is -0.594. The third-order valence-electron chi connectivity index (χ3n) is 3.85. The molecule has 0 aliphatic rings. The van der Waals surface area contributed by atoms with Crippen LogP contribution in [0.5, 0.6) is 11.5 Å². The van der Waals surface area contributed by atoms with E-state index in [4.69, 9.17) is 15.2 Å². The highest BCUT2D eigenvalue weighted by Crippen LogP contribution is 2.19. The van der Waals surface area contributed by atoms with Gasteiger partial charge in [0.05, 0.1) is 12.6 Å². The van der Waals surface area contributed by atoms with E-state index in [0.717, 1.165) is 5.75 Å². The summed E-state index contributed by atoms with van der Waals surface area (Å²) in [7, 11) is 1.60. The minimum Gasteiger partial charge on any atom is -0.497 e. The summed E-state index contributed by atoms with van der Waals surface area (Å²) in [4.78, 5) is 12.2. The van der Waals surface area contributed by atoms with Crippen molar-refractivity contribution in [3.63, 3.8) is 0 Å². The van der Waals surface area contributed by atoms with Crippen LogP contribution in [0.15, 0.2) is 24.3 Å². The SMILES string of the molecule is COc1ccc(OC(C)C(=O)NC(C)(CN)C(C)C)cc1. The van der Waals surface area contributed by atoms with Gasteiger partial charge in [0.15, 0.2) is 6.10 Å².